The first-order chi connectivity index (χ1) is 14.5. The molecule has 1 radical (unpaired) electrons. The minimum Gasteiger partial charge on any atom is 2.00 e. The number of amides is 2. The third-order valence-electron chi connectivity index (χ3n) is 4.06. The molecule has 0 atom stereocenters. The number of alkyl halides is 2. The number of hydrogen-bond donors (Lipinski definition) is 2. The molecule has 0 saturated carbocycles. The second kappa shape index (κ2) is 12.7. The van der Waals surface area contributed by atoms with E-state index < -0.39 is 39.0 Å². The van der Waals surface area contributed by atoms with E-state index in [1.807, 2.05) is 13.8 Å². The van der Waals surface area contributed by atoms with Crippen molar-refractivity contribution in [2.24, 2.45) is 0 Å². The van der Waals surface area contributed by atoms with Gasteiger partial charge in [-0.25, -0.2) is 15.3 Å². The Kier molecular flexibility index (Phi) is 11.4. The van der Waals surface area contributed by atoms with Crippen molar-refractivity contribution in [3.63, 3.8) is 0 Å². The molecule has 0 aliphatic carbocycles. The van der Waals surface area contributed by atoms with Crippen LogP contribution in [0, 0.1) is 11.3 Å². The summed E-state index contributed by atoms with van der Waals surface area (Å²) in [4.78, 5) is 29.7. The standard InChI is InChI=1S/C19H20F2N3O3.FHNS.V.W/c1-12(2)27-13-3-4-16-15(9-13)14(5-7-22-16)18(26)23-10-17(25)24-8-6-19(20,21)11-24;1-3-2;;/h3-5,7-9,12H,6,10-11H2,1-2H3,(H,23,26);2H;;/q-1;+1;+2;-2. The van der Waals surface area contributed by atoms with Gasteiger partial charge in [-0.3, -0.25) is 14.6 Å². The predicted octanol–water partition coefficient (Wildman–Crippen LogP) is 3.49. The third-order valence-corrected chi connectivity index (χ3v) is 4.06. The van der Waals surface area contributed by atoms with Crippen molar-refractivity contribution in [3.8, 4) is 5.75 Å². The quantitative estimate of drug-likeness (QED) is 0.375. The molecule has 0 spiro atoms. The number of ether oxygens (including phenoxy) is 1. The topological polar surface area (TPSA) is 95.4 Å². The van der Waals surface area contributed by atoms with Crippen LogP contribution in [0.5, 0.6) is 5.75 Å². The average Bonchev–Trinajstić information content (AvgIpc) is 3.04. The van der Waals surface area contributed by atoms with Gasteiger partial charge in [0.1, 0.15) is 5.75 Å². The predicted molar refractivity (Wildman–Crippen MR) is 107 cm³/mol. The smallest absolute Gasteiger partial charge is 2.00 e. The van der Waals surface area contributed by atoms with Crippen LogP contribution in [0.15, 0.2) is 30.5 Å². The van der Waals surface area contributed by atoms with Gasteiger partial charge in [0, 0.05) is 11.6 Å². The van der Waals surface area contributed by atoms with Crippen LogP contribution in [-0.2, 0) is 49.6 Å². The fourth-order valence-corrected chi connectivity index (χ4v) is 2.83. The molecular weight excluding hydrogens is 656 g/mol. The molecule has 2 amide bonds. The molecule has 1 aromatic heterocycles. The van der Waals surface area contributed by atoms with Crippen molar-refractivity contribution in [2.45, 2.75) is 32.3 Å². The molecule has 13 heteroatoms. The molecule has 1 saturated heterocycles. The summed E-state index contributed by atoms with van der Waals surface area (Å²) < 4.78 is 48.7. The fraction of sp³-hybridized carbons (Fsp3) is 0.368. The van der Waals surface area contributed by atoms with Crippen molar-refractivity contribution in [1.29, 1.82) is 4.78 Å². The molecule has 2 N–H and O–H groups in total. The Morgan fingerprint density at radius 1 is 1.41 bits per heavy atom. The zero-order valence-corrected chi connectivity index (χ0v) is 22.3. The Labute approximate surface area is 207 Å². The number of nitrogens with one attached hydrogen (secondary N) is 2. The van der Waals surface area contributed by atoms with Gasteiger partial charge in [-0.15, -0.1) is 0 Å². The summed E-state index contributed by atoms with van der Waals surface area (Å²) in [5.74, 6) is -3.37. The van der Waals surface area contributed by atoms with Crippen LogP contribution in [0.1, 0.15) is 30.6 Å². The molecule has 7 nitrogen and oxygen atoms in total. The molecule has 2 aromatic rings. The van der Waals surface area contributed by atoms with Crippen molar-refractivity contribution in [2.75, 3.05) is 13.1 Å². The van der Waals surface area contributed by atoms with Gasteiger partial charge >= 0.3 is 53.5 Å². The summed E-state index contributed by atoms with van der Waals surface area (Å²) in [6.45, 7) is 3.93. The van der Waals surface area contributed by atoms with Crippen LogP contribution in [-0.4, -0.2) is 46.8 Å². The number of carbonyl (C=O) groups is 2. The minimum absolute atomic E-state index is 0. The van der Waals surface area contributed by atoms with E-state index in [4.69, 9.17) is 9.52 Å². The SMILES string of the molecule is CC(C)Oc1ccc2nccc(C(=O)NCC(=O)N3[CH-]CC(F)(F)C3)c2c1.N=[S-](F)=[W].[V+2]. The normalized spacial score (nSPS) is 14.5. The zero-order chi connectivity index (χ0) is 23.2. The van der Waals surface area contributed by atoms with Gasteiger partial charge in [0.15, 0.2) is 0 Å². The van der Waals surface area contributed by atoms with E-state index in [0.717, 1.165) is 11.4 Å². The Bertz CT molecular complexity index is 1030. The van der Waals surface area contributed by atoms with E-state index >= 15 is 0 Å². The maximum Gasteiger partial charge on any atom is 2.00 e. The fourth-order valence-electron chi connectivity index (χ4n) is 2.83. The number of fused-ring (bicyclic) bond motifs is 1. The molecule has 2 heterocycles. The summed E-state index contributed by atoms with van der Waals surface area (Å²) in [7, 11) is -1.53. The van der Waals surface area contributed by atoms with Gasteiger partial charge in [0.05, 0.1) is 30.3 Å². The number of nitrogens with zero attached hydrogens (tertiary/aromatic N) is 2. The molecule has 173 valence electrons. The molecule has 3 rings (SSSR count). The Hall–Kier alpha value is -1.42. The van der Waals surface area contributed by atoms with Crippen molar-refractivity contribution >= 4 is 31.0 Å². The number of pyridine rings is 1. The summed E-state index contributed by atoms with van der Waals surface area (Å²) in [5.41, 5.74) is 0.940. The first-order valence-corrected chi connectivity index (χ1v) is 13.8. The van der Waals surface area contributed by atoms with Gasteiger partial charge in [-0.05, 0) is 38.1 Å². The van der Waals surface area contributed by atoms with Crippen LogP contribution >= 0.6 is 0 Å². The van der Waals surface area contributed by atoms with E-state index in [9.17, 15) is 22.3 Å². The summed E-state index contributed by atoms with van der Waals surface area (Å²) in [6, 6.07) is 6.77. The maximum atomic E-state index is 13.2. The van der Waals surface area contributed by atoms with Crippen LogP contribution in [0.4, 0.5) is 12.7 Å². The van der Waals surface area contributed by atoms with Crippen molar-refractivity contribution < 1.29 is 63.5 Å². The molecule has 32 heavy (non-hydrogen) atoms. The van der Waals surface area contributed by atoms with Gasteiger partial charge in [0.25, 0.3) is 5.91 Å². The number of halogens is 3. The first kappa shape index (κ1) is 28.6. The zero-order valence-electron chi connectivity index (χ0n) is 17.2. The number of likely N-dealkylation sites (tertiary alicyclic amines) is 1. The van der Waals surface area contributed by atoms with E-state index in [0.29, 0.717) is 40.2 Å². The Morgan fingerprint density at radius 2 is 2.06 bits per heavy atom. The molecular formula is C19H21F3N4O3SVW. The number of benzene rings is 1. The summed E-state index contributed by atoms with van der Waals surface area (Å²) >= 11 is 0.704. The first-order valence-electron chi connectivity index (χ1n) is 9.12. The van der Waals surface area contributed by atoms with E-state index in [-0.39, 0.29) is 31.2 Å². The molecule has 1 fully saturated rings. The van der Waals surface area contributed by atoms with E-state index in [2.05, 4.69) is 10.3 Å². The van der Waals surface area contributed by atoms with Gasteiger partial charge in [0.2, 0.25) is 11.8 Å². The molecule has 1 aromatic carbocycles. The summed E-state index contributed by atoms with van der Waals surface area (Å²) in [6.07, 6.45) is 1.00. The number of carbonyl (C=O) groups excluding carboxylic acids is 2. The van der Waals surface area contributed by atoms with Crippen molar-refractivity contribution in [3.05, 3.63) is 42.6 Å². The maximum absolute atomic E-state index is 13.2. The Morgan fingerprint density at radius 3 is 2.62 bits per heavy atom. The van der Waals surface area contributed by atoms with Crippen LogP contribution in [0.2, 0.25) is 0 Å². The second-order valence-electron chi connectivity index (χ2n) is 6.87. The number of aromatic nitrogens is 1. The minimum atomic E-state index is -2.91. The largest absolute Gasteiger partial charge is 2.00 e. The third kappa shape index (κ3) is 8.85. The average molecular weight is 677 g/mol. The van der Waals surface area contributed by atoms with E-state index in [1.54, 1.807) is 18.2 Å². The van der Waals surface area contributed by atoms with Crippen LogP contribution in [0.25, 0.3) is 10.9 Å². The molecule has 1 aliphatic rings. The molecule has 1 aliphatic heterocycles. The molecule has 0 unspecified atom stereocenters. The molecule has 0 bridgehead atoms. The van der Waals surface area contributed by atoms with Gasteiger partial charge in [-0.2, -0.15) is 0 Å². The number of hydrogen-bond acceptors (Lipinski definition) is 6. The Balaban J connectivity index is 0.000000945. The van der Waals surface area contributed by atoms with Gasteiger partial charge < -0.3 is 15.0 Å². The van der Waals surface area contributed by atoms with Crippen LogP contribution in [0.3, 0.4) is 0 Å². The monoisotopic (exact) mass is 677 g/mol. The summed E-state index contributed by atoms with van der Waals surface area (Å²) in [5, 5.41) is 3.07. The van der Waals surface area contributed by atoms with E-state index in [1.165, 1.54) is 12.3 Å². The number of rotatable bonds is 5. The second-order valence-corrected chi connectivity index (χ2v) is 10.5. The van der Waals surface area contributed by atoms with Crippen molar-refractivity contribution in [1.82, 2.24) is 15.2 Å². The van der Waals surface area contributed by atoms with Gasteiger partial charge in [-0.1, -0.05) is 6.42 Å². The van der Waals surface area contributed by atoms with Crippen LogP contribution < -0.4 is 10.1 Å².